The number of carbonyl (C=O) groups is 1. The summed E-state index contributed by atoms with van der Waals surface area (Å²) < 4.78 is 6.24. The Morgan fingerprint density at radius 3 is 2.35 bits per heavy atom. The third kappa shape index (κ3) is 3.72. The Bertz CT molecular complexity index is 355. The molecule has 1 saturated heterocycles. The molecule has 0 aromatic carbocycles. The number of carboxylic acid groups (broad SMARTS) is 1. The molecule has 0 bridgehead atoms. The Morgan fingerprint density at radius 2 is 1.95 bits per heavy atom. The molecule has 0 aromatic heterocycles. The highest BCUT2D eigenvalue weighted by molar-refractivity contribution is 6.74. The van der Waals surface area contributed by atoms with Crippen molar-refractivity contribution in [3.63, 3.8) is 0 Å². The molecule has 3 atom stereocenters. The largest absolute Gasteiger partial charge is 0.465 e. The quantitative estimate of drug-likeness (QED) is 0.682. The maximum Gasteiger partial charge on any atom is 0.407 e. The van der Waals surface area contributed by atoms with Crippen molar-refractivity contribution < 1.29 is 24.5 Å². The summed E-state index contributed by atoms with van der Waals surface area (Å²) in [6.45, 7) is 10.6. The smallest absolute Gasteiger partial charge is 0.407 e. The molecule has 1 fully saturated rings. The lowest BCUT2D eigenvalue weighted by molar-refractivity contribution is 0.0106. The number of hydrogen-bond donors (Lipinski definition) is 3. The number of aliphatic hydroxyl groups is 2. The zero-order chi connectivity index (χ0) is 15.7. The second-order valence-electron chi connectivity index (χ2n) is 7.02. The van der Waals surface area contributed by atoms with Gasteiger partial charge in [-0.2, -0.15) is 0 Å². The monoisotopic (exact) mass is 305 g/mol. The molecule has 20 heavy (non-hydrogen) atoms. The van der Waals surface area contributed by atoms with Gasteiger partial charge in [0.1, 0.15) is 0 Å². The van der Waals surface area contributed by atoms with E-state index in [1.54, 1.807) is 0 Å². The third-order valence-corrected chi connectivity index (χ3v) is 9.02. The van der Waals surface area contributed by atoms with Gasteiger partial charge < -0.3 is 24.6 Å². The van der Waals surface area contributed by atoms with E-state index in [-0.39, 0.29) is 36.8 Å². The highest BCUT2D eigenvalue weighted by Gasteiger charge is 2.46. The molecule has 0 saturated carbocycles. The third-order valence-electron chi connectivity index (χ3n) is 4.51. The Kier molecular flexibility index (Phi) is 5.23. The van der Waals surface area contributed by atoms with Gasteiger partial charge in [0.25, 0.3) is 0 Å². The molecule has 0 spiro atoms. The highest BCUT2D eigenvalue weighted by Crippen LogP contribution is 2.39. The lowest BCUT2D eigenvalue weighted by atomic mass is 10.00. The van der Waals surface area contributed by atoms with Crippen LogP contribution >= 0.6 is 0 Å². The Hall–Kier alpha value is -0.633. The number of rotatable bonds is 4. The number of amides is 1. The van der Waals surface area contributed by atoms with Crippen molar-refractivity contribution in [1.29, 1.82) is 0 Å². The first-order valence-corrected chi connectivity index (χ1v) is 9.85. The van der Waals surface area contributed by atoms with Crippen LogP contribution in [0.1, 0.15) is 20.8 Å². The first-order valence-electron chi connectivity index (χ1n) is 6.94. The van der Waals surface area contributed by atoms with Gasteiger partial charge in [-0.05, 0) is 18.1 Å². The molecular weight excluding hydrogens is 278 g/mol. The van der Waals surface area contributed by atoms with Gasteiger partial charge in [0.05, 0.1) is 18.8 Å². The van der Waals surface area contributed by atoms with Crippen molar-refractivity contribution in [2.75, 3.05) is 19.7 Å². The highest BCUT2D eigenvalue weighted by atomic mass is 28.4. The van der Waals surface area contributed by atoms with Crippen LogP contribution in [0, 0.1) is 5.92 Å². The number of likely N-dealkylation sites (tertiary alicyclic amines) is 1. The van der Waals surface area contributed by atoms with Crippen LogP contribution in [0.4, 0.5) is 4.79 Å². The predicted octanol–water partition coefficient (Wildman–Crippen LogP) is 1.34. The summed E-state index contributed by atoms with van der Waals surface area (Å²) in [5.74, 6) is -0.370. The topological polar surface area (TPSA) is 90.2 Å². The number of nitrogens with zero attached hydrogens (tertiary/aromatic N) is 1. The van der Waals surface area contributed by atoms with Crippen LogP contribution in [0.2, 0.25) is 18.1 Å². The molecule has 1 rings (SSSR count). The van der Waals surface area contributed by atoms with E-state index in [0.29, 0.717) is 0 Å². The van der Waals surface area contributed by atoms with Crippen molar-refractivity contribution >= 4 is 14.4 Å². The molecule has 1 amide bonds. The fraction of sp³-hybridized carbons (Fsp3) is 0.923. The Labute approximate surface area is 121 Å². The fourth-order valence-electron chi connectivity index (χ4n) is 2.14. The zero-order valence-electron chi connectivity index (χ0n) is 13.0. The molecule has 3 N–H and O–H groups in total. The van der Waals surface area contributed by atoms with Crippen LogP contribution in [0.5, 0.6) is 0 Å². The molecule has 0 aromatic rings. The summed E-state index contributed by atoms with van der Waals surface area (Å²) in [4.78, 5) is 12.4. The minimum Gasteiger partial charge on any atom is -0.465 e. The summed E-state index contributed by atoms with van der Waals surface area (Å²) in [7, 11) is -2.05. The minimum atomic E-state index is -2.05. The van der Waals surface area contributed by atoms with Crippen molar-refractivity contribution in [3.05, 3.63) is 0 Å². The van der Waals surface area contributed by atoms with Gasteiger partial charge in [-0.15, -0.1) is 0 Å². The van der Waals surface area contributed by atoms with Crippen LogP contribution in [-0.2, 0) is 4.43 Å². The molecular formula is C13H27NO5Si. The Morgan fingerprint density at radius 1 is 1.40 bits per heavy atom. The molecule has 1 aliphatic rings. The number of aliphatic hydroxyl groups excluding tert-OH is 2. The van der Waals surface area contributed by atoms with Gasteiger partial charge in [0, 0.05) is 19.0 Å². The summed E-state index contributed by atoms with van der Waals surface area (Å²) in [6.07, 6.45) is -2.32. The minimum absolute atomic E-state index is 0.0123. The molecule has 1 aliphatic heterocycles. The Balaban J connectivity index is 2.87. The second-order valence-corrected chi connectivity index (χ2v) is 11.8. The van der Waals surface area contributed by atoms with Crippen molar-refractivity contribution in [2.45, 2.75) is 51.1 Å². The van der Waals surface area contributed by atoms with Crippen LogP contribution in [0.25, 0.3) is 0 Å². The zero-order valence-corrected chi connectivity index (χ0v) is 14.0. The molecule has 118 valence electrons. The SMILES string of the molecule is CC(C)(C)[Si](C)(C)OC1CN(C(=O)O)CC1[C@@H](O)CO. The molecule has 0 radical (unpaired) electrons. The van der Waals surface area contributed by atoms with Gasteiger partial charge in [-0.25, -0.2) is 4.79 Å². The molecule has 7 heteroatoms. The van der Waals surface area contributed by atoms with Gasteiger partial charge in [-0.1, -0.05) is 20.8 Å². The van der Waals surface area contributed by atoms with Gasteiger partial charge in [0.15, 0.2) is 8.32 Å². The van der Waals surface area contributed by atoms with Crippen LogP contribution in [0.3, 0.4) is 0 Å². The maximum atomic E-state index is 11.1. The maximum absolute atomic E-state index is 11.1. The molecule has 1 heterocycles. The summed E-state index contributed by atoms with van der Waals surface area (Å²) >= 11 is 0. The van der Waals surface area contributed by atoms with E-state index in [2.05, 4.69) is 33.9 Å². The average Bonchev–Trinajstić information content (AvgIpc) is 2.70. The van der Waals surface area contributed by atoms with E-state index in [4.69, 9.17) is 14.6 Å². The van der Waals surface area contributed by atoms with Gasteiger partial charge >= 0.3 is 6.09 Å². The standard InChI is InChI=1S/C13H27NO5Si/c1-13(2,3)20(4,5)19-11-7-14(12(17)18)6-9(11)10(16)8-15/h9-11,15-16H,6-8H2,1-5H3,(H,17,18)/t9?,10-,11?/m0/s1. The van der Waals surface area contributed by atoms with Crippen molar-refractivity contribution in [1.82, 2.24) is 4.90 Å². The van der Waals surface area contributed by atoms with Crippen LogP contribution in [-0.4, -0.2) is 66.5 Å². The lowest BCUT2D eigenvalue weighted by Gasteiger charge is -2.40. The lowest BCUT2D eigenvalue weighted by Crippen LogP contribution is -2.47. The van der Waals surface area contributed by atoms with E-state index in [1.807, 2.05) is 0 Å². The first-order chi connectivity index (χ1) is 8.99. The van der Waals surface area contributed by atoms with Crippen LogP contribution in [0.15, 0.2) is 0 Å². The van der Waals surface area contributed by atoms with Crippen molar-refractivity contribution in [2.24, 2.45) is 5.92 Å². The summed E-state index contributed by atoms with van der Waals surface area (Å²) in [5.41, 5.74) is 0. The van der Waals surface area contributed by atoms with E-state index in [0.717, 1.165) is 0 Å². The van der Waals surface area contributed by atoms with Crippen LogP contribution < -0.4 is 0 Å². The van der Waals surface area contributed by atoms with Crippen molar-refractivity contribution in [3.8, 4) is 0 Å². The molecule has 0 aliphatic carbocycles. The van der Waals surface area contributed by atoms with E-state index < -0.39 is 20.5 Å². The average molecular weight is 305 g/mol. The van der Waals surface area contributed by atoms with E-state index in [1.165, 1.54) is 4.90 Å². The first kappa shape index (κ1) is 17.4. The predicted molar refractivity (Wildman–Crippen MR) is 78.3 cm³/mol. The molecule has 2 unspecified atom stereocenters. The second kappa shape index (κ2) is 6.01. The number of hydrogen-bond acceptors (Lipinski definition) is 4. The summed E-state index contributed by atoms with van der Waals surface area (Å²) in [5, 5.41) is 28.1. The normalized spacial score (nSPS) is 25.9. The van der Waals surface area contributed by atoms with Gasteiger partial charge in [-0.3, -0.25) is 0 Å². The summed E-state index contributed by atoms with van der Waals surface area (Å²) in [6, 6.07) is 0. The van der Waals surface area contributed by atoms with Gasteiger partial charge in [0.2, 0.25) is 0 Å². The molecule has 6 nitrogen and oxygen atoms in total. The van der Waals surface area contributed by atoms with E-state index >= 15 is 0 Å². The van der Waals surface area contributed by atoms with E-state index in [9.17, 15) is 9.90 Å². The fourth-order valence-corrected chi connectivity index (χ4v) is 3.50.